The lowest BCUT2D eigenvalue weighted by Gasteiger charge is -2.12. The number of fused-ring (bicyclic) bond motifs is 1. The second-order valence-electron chi connectivity index (χ2n) is 7.49. The summed E-state index contributed by atoms with van der Waals surface area (Å²) >= 11 is 12.8. The molecule has 1 amide bonds. The first-order valence-corrected chi connectivity index (χ1v) is 11.3. The highest BCUT2D eigenvalue weighted by Crippen LogP contribution is 2.37. The Balaban J connectivity index is 1.42. The quantitative estimate of drug-likeness (QED) is 0.316. The fourth-order valence-corrected chi connectivity index (χ4v) is 3.94. The first kappa shape index (κ1) is 24.3. The summed E-state index contributed by atoms with van der Waals surface area (Å²) in [7, 11) is 1.58. The number of rotatable bonds is 8. The molecule has 1 N–H and O–H groups in total. The average Bonchev–Trinajstić information content (AvgIpc) is 3.33. The number of hydrogen-bond donors (Lipinski definition) is 1. The number of carbonyl (C=O) groups is 1. The van der Waals surface area contributed by atoms with Crippen LogP contribution >= 0.6 is 23.2 Å². The molecule has 0 saturated heterocycles. The van der Waals surface area contributed by atoms with Crippen LogP contribution in [0.1, 0.15) is 16.7 Å². The molecule has 35 heavy (non-hydrogen) atoms. The van der Waals surface area contributed by atoms with Crippen molar-refractivity contribution < 1.29 is 23.7 Å². The summed E-state index contributed by atoms with van der Waals surface area (Å²) in [5.41, 5.74) is 2.13. The van der Waals surface area contributed by atoms with Gasteiger partial charge in [0.2, 0.25) is 6.79 Å². The van der Waals surface area contributed by atoms with Crippen molar-refractivity contribution in [2.75, 3.05) is 13.9 Å². The number of nitriles is 1. The number of amides is 1. The number of benzene rings is 3. The minimum Gasteiger partial charge on any atom is -0.497 e. The number of nitrogens with one attached hydrogen (secondary N) is 1. The molecule has 3 aromatic carbocycles. The van der Waals surface area contributed by atoms with Gasteiger partial charge in [-0.05, 0) is 59.2 Å². The molecule has 0 bridgehead atoms. The SMILES string of the molecule is COc1ccc(CNC(=O)/C(C#N)=C\c2cc(Cl)c(OCc3ccc4c(c3)OCO4)c(Cl)c2)cc1. The van der Waals surface area contributed by atoms with Crippen LogP contribution in [0.15, 0.2) is 60.2 Å². The van der Waals surface area contributed by atoms with Crippen LogP contribution in [0.3, 0.4) is 0 Å². The summed E-state index contributed by atoms with van der Waals surface area (Å²) in [6.07, 6.45) is 1.42. The Bertz CT molecular complexity index is 1290. The van der Waals surface area contributed by atoms with Gasteiger partial charge in [-0.25, -0.2) is 0 Å². The van der Waals surface area contributed by atoms with Crippen molar-refractivity contribution in [2.24, 2.45) is 0 Å². The zero-order valence-electron chi connectivity index (χ0n) is 18.6. The van der Waals surface area contributed by atoms with Crippen molar-refractivity contribution in [3.63, 3.8) is 0 Å². The number of halogens is 2. The Kier molecular flexibility index (Phi) is 7.66. The molecule has 1 aliphatic heterocycles. The molecule has 0 radical (unpaired) electrons. The molecule has 7 nitrogen and oxygen atoms in total. The molecule has 1 heterocycles. The standard InChI is InChI=1S/C26H20Cl2N2O5/c1-32-20-5-2-16(3-6-20)13-30-26(31)19(12-29)8-18-9-21(27)25(22(28)10-18)33-14-17-4-7-23-24(11-17)35-15-34-23/h2-11H,13-15H2,1H3,(H,30,31)/b19-8-. The molecule has 0 aromatic heterocycles. The third kappa shape index (κ3) is 5.99. The lowest BCUT2D eigenvalue weighted by molar-refractivity contribution is -0.117. The van der Waals surface area contributed by atoms with Gasteiger partial charge in [-0.15, -0.1) is 0 Å². The van der Waals surface area contributed by atoms with Crippen LogP contribution in [0.25, 0.3) is 6.08 Å². The van der Waals surface area contributed by atoms with Gasteiger partial charge in [0.1, 0.15) is 24.0 Å². The maximum atomic E-state index is 12.5. The molecule has 3 aromatic rings. The Hall–Kier alpha value is -3.86. The molecular weight excluding hydrogens is 491 g/mol. The van der Waals surface area contributed by atoms with Gasteiger partial charge in [0.25, 0.3) is 5.91 Å². The van der Waals surface area contributed by atoms with E-state index in [1.807, 2.05) is 30.3 Å². The van der Waals surface area contributed by atoms with Gasteiger partial charge >= 0.3 is 0 Å². The van der Waals surface area contributed by atoms with Gasteiger partial charge in [0, 0.05) is 6.54 Å². The summed E-state index contributed by atoms with van der Waals surface area (Å²) in [6, 6.07) is 17.8. The Morgan fingerprint density at radius 1 is 1.06 bits per heavy atom. The number of hydrogen-bond acceptors (Lipinski definition) is 6. The topological polar surface area (TPSA) is 89.8 Å². The zero-order chi connectivity index (χ0) is 24.8. The smallest absolute Gasteiger partial charge is 0.262 e. The predicted molar refractivity (Wildman–Crippen MR) is 132 cm³/mol. The van der Waals surface area contributed by atoms with E-state index in [1.165, 1.54) is 6.08 Å². The number of ether oxygens (including phenoxy) is 4. The minimum absolute atomic E-state index is 0.0836. The Morgan fingerprint density at radius 3 is 2.43 bits per heavy atom. The maximum absolute atomic E-state index is 12.5. The van der Waals surface area contributed by atoms with E-state index >= 15 is 0 Å². The van der Waals surface area contributed by atoms with Gasteiger partial charge < -0.3 is 24.3 Å². The maximum Gasteiger partial charge on any atom is 0.262 e. The molecule has 0 unspecified atom stereocenters. The number of nitrogens with zero attached hydrogens (tertiary/aromatic N) is 1. The van der Waals surface area contributed by atoms with Gasteiger partial charge in [0.15, 0.2) is 17.2 Å². The van der Waals surface area contributed by atoms with Crippen molar-refractivity contribution in [1.29, 1.82) is 5.26 Å². The van der Waals surface area contributed by atoms with E-state index in [4.69, 9.17) is 42.1 Å². The summed E-state index contributed by atoms with van der Waals surface area (Å²) < 4.78 is 21.6. The lowest BCUT2D eigenvalue weighted by atomic mass is 10.1. The molecule has 0 atom stereocenters. The summed E-state index contributed by atoms with van der Waals surface area (Å²) in [5.74, 6) is 1.83. The van der Waals surface area contributed by atoms with Gasteiger partial charge in [-0.2, -0.15) is 5.26 Å². The van der Waals surface area contributed by atoms with Crippen molar-refractivity contribution in [1.82, 2.24) is 5.32 Å². The average molecular weight is 511 g/mol. The highest BCUT2D eigenvalue weighted by molar-refractivity contribution is 6.37. The summed E-state index contributed by atoms with van der Waals surface area (Å²) in [5, 5.41) is 12.7. The van der Waals surface area contributed by atoms with E-state index in [2.05, 4.69) is 5.32 Å². The first-order chi connectivity index (χ1) is 17.0. The van der Waals surface area contributed by atoms with E-state index in [9.17, 15) is 10.1 Å². The number of carbonyl (C=O) groups excluding carboxylic acids is 1. The van der Waals surface area contributed by atoms with Crippen molar-refractivity contribution in [3.05, 3.63) is 86.9 Å². The van der Waals surface area contributed by atoms with Crippen LogP contribution in [0.5, 0.6) is 23.0 Å². The molecule has 0 saturated carbocycles. The molecule has 9 heteroatoms. The van der Waals surface area contributed by atoms with Gasteiger partial charge in [-0.3, -0.25) is 4.79 Å². The van der Waals surface area contributed by atoms with Crippen LogP contribution in [0, 0.1) is 11.3 Å². The monoisotopic (exact) mass is 510 g/mol. The molecule has 0 spiro atoms. The van der Waals surface area contributed by atoms with Crippen molar-refractivity contribution in [3.8, 4) is 29.1 Å². The van der Waals surface area contributed by atoms with Crippen LogP contribution < -0.4 is 24.3 Å². The highest BCUT2D eigenvalue weighted by atomic mass is 35.5. The molecule has 0 fully saturated rings. The van der Waals surface area contributed by atoms with E-state index in [-0.39, 0.29) is 35.6 Å². The van der Waals surface area contributed by atoms with Crippen molar-refractivity contribution in [2.45, 2.75) is 13.2 Å². The fourth-order valence-electron chi connectivity index (χ4n) is 3.32. The second kappa shape index (κ2) is 11.0. The van der Waals surface area contributed by atoms with Crippen LogP contribution in [0.2, 0.25) is 10.0 Å². The highest BCUT2D eigenvalue weighted by Gasteiger charge is 2.15. The second-order valence-corrected chi connectivity index (χ2v) is 8.30. The molecule has 0 aliphatic carbocycles. The van der Waals surface area contributed by atoms with Crippen LogP contribution in [-0.4, -0.2) is 19.8 Å². The van der Waals surface area contributed by atoms with Crippen molar-refractivity contribution >= 4 is 35.2 Å². The zero-order valence-corrected chi connectivity index (χ0v) is 20.2. The molecule has 178 valence electrons. The fraction of sp³-hybridized carbons (Fsp3) is 0.154. The predicted octanol–water partition coefficient (Wildman–Crippen LogP) is 5.53. The van der Waals surface area contributed by atoms with E-state index in [0.717, 1.165) is 16.9 Å². The van der Waals surface area contributed by atoms with E-state index in [1.54, 1.807) is 37.4 Å². The largest absolute Gasteiger partial charge is 0.497 e. The number of methoxy groups -OCH3 is 1. The molecular formula is C26H20Cl2N2O5. The van der Waals surface area contributed by atoms with Crippen LogP contribution in [0.4, 0.5) is 0 Å². The third-order valence-electron chi connectivity index (χ3n) is 5.13. The Morgan fingerprint density at radius 2 is 1.74 bits per heavy atom. The molecule has 4 rings (SSSR count). The van der Waals surface area contributed by atoms with E-state index < -0.39 is 5.91 Å². The molecule has 1 aliphatic rings. The lowest BCUT2D eigenvalue weighted by Crippen LogP contribution is -2.23. The van der Waals surface area contributed by atoms with Crippen LogP contribution in [-0.2, 0) is 17.9 Å². The first-order valence-electron chi connectivity index (χ1n) is 10.5. The summed E-state index contributed by atoms with van der Waals surface area (Å²) in [4.78, 5) is 12.5. The Labute approximate surface area is 212 Å². The van der Waals surface area contributed by atoms with Gasteiger partial charge in [0.05, 0.1) is 17.2 Å². The van der Waals surface area contributed by atoms with E-state index in [0.29, 0.717) is 22.8 Å². The van der Waals surface area contributed by atoms with Gasteiger partial charge in [-0.1, -0.05) is 41.4 Å². The summed E-state index contributed by atoms with van der Waals surface area (Å²) in [6.45, 7) is 0.662. The normalized spacial score (nSPS) is 12.1. The third-order valence-corrected chi connectivity index (χ3v) is 5.69. The minimum atomic E-state index is -0.515.